The van der Waals surface area contributed by atoms with Crippen molar-refractivity contribution in [3.63, 3.8) is 0 Å². The van der Waals surface area contributed by atoms with Crippen molar-refractivity contribution in [3.05, 3.63) is 53.5 Å². The summed E-state index contributed by atoms with van der Waals surface area (Å²) >= 11 is 0. The average molecular weight is 395 g/mol. The zero-order chi connectivity index (χ0) is 20.6. The third-order valence-electron chi connectivity index (χ3n) is 5.82. The largest absolute Gasteiger partial charge is 0.459 e. The molecular formula is C22H25N3O4. The predicted molar refractivity (Wildman–Crippen MR) is 107 cm³/mol. The van der Waals surface area contributed by atoms with Crippen molar-refractivity contribution >= 4 is 23.4 Å². The fourth-order valence-corrected chi connectivity index (χ4v) is 3.75. The van der Waals surface area contributed by atoms with Gasteiger partial charge in [-0.1, -0.05) is 12.1 Å². The molecule has 0 unspecified atom stereocenters. The maximum absolute atomic E-state index is 13.1. The molecule has 1 aromatic carbocycles. The van der Waals surface area contributed by atoms with Crippen LogP contribution < -0.4 is 5.32 Å². The topological polar surface area (TPSA) is 82.9 Å². The van der Waals surface area contributed by atoms with E-state index < -0.39 is 5.41 Å². The molecule has 1 saturated carbocycles. The first-order valence-electron chi connectivity index (χ1n) is 9.91. The quantitative estimate of drug-likeness (QED) is 0.807. The monoisotopic (exact) mass is 395 g/mol. The number of hydrogen-bond acceptors (Lipinski definition) is 4. The van der Waals surface area contributed by atoms with Crippen LogP contribution in [0.25, 0.3) is 0 Å². The van der Waals surface area contributed by atoms with Gasteiger partial charge in [-0.2, -0.15) is 0 Å². The van der Waals surface area contributed by atoms with E-state index in [4.69, 9.17) is 4.42 Å². The van der Waals surface area contributed by atoms with Gasteiger partial charge in [-0.25, -0.2) is 0 Å². The molecule has 1 saturated heterocycles. The zero-order valence-electron chi connectivity index (χ0n) is 16.7. The van der Waals surface area contributed by atoms with Gasteiger partial charge in [0.25, 0.3) is 5.91 Å². The highest BCUT2D eigenvalue weighted by Gasteiger charge is 2.58. The SMILES string of the molecule is Cc1ccc(C)c(NC(=O)C2(C(=O)N3CCN(C(=O)c4ccco4)CC3)CC2)c1. The van der Waals surface area contributed by atoms with E-state index in [0.29, 0.717) is 44.8 Å². The van der Waals surface area contributed by atoms with Gasteiger partial charge in [0.2, 0.25) is 11.8 Å². The van der Waals surface area contributed by atoms with E-state index in [0.717, 1.165) is 16.8 Å². The van der Waals surface area contributed by atoms with E-state index >= 15 is 0 Å². The molecular weight excluding hydrogens is 370 g/mol. The van der Waals surface area contributed by atoms with Crippen molar-refractivity contribution in [1.29, 1.82) is 0 Å². The summed E-state index contributed by atoms with van der Waals surface area (Å²) in [6.07, 6.45) is 2.60. The summed E-state index contributed by atoms with van der Waals surface area (Å²) < 4.78 is 5.17. The number of anilines is 1. The minimum absolute atomic E-state index is 0.134. The summed E-state index contributed by atoms with van der Waals surface area (Å²) in [5, 5.41) is 2.96. The molecule has 7 heteroatoms. The number of nitrogens with one attached hydrogen (secondary N) is 1. The maximum Gasteiger partial charge on any atom is 0.289 e. The third-order valence-corrected chi connectivity index (χ3v) is 5.82. The lowest BCUT2D eigenvalue weighted by Crippen LogP contribution is -2.53. The Labute approximate surface area is 169 Å². The number of carbonyl (C=O) groups is 3. The standard InChI is InChI=1S/C22H25N3O4/c1-15-5-6-16(2)17(14-15)23-20(27)22(7-8-22)21(28)25-11-9-24(10-12-25)19(26)18-4-3-13-29-18/h3-6,13-14H,7-12H2,1-2H3,(H,23,27). The summed E-state index contributed by atoms with van der Waals surface area (Å²) in [7, 11) is 0. The second-order valence-corrected chi connectivity index (χ2v) is 7.92. The van der Waals surface area contributed by atoms with Crippen LogP contribution in [-0.4, -0.2) is 53.7 Å². The van der Waals surface area contributed by atoms with Crippen molar-refractivity contribution in [1.82, 2.24) is 9.80 Å². The lowest BCUT2D eigenvalue weighted by molar-refractivity contribution is -0.143. The summed E-state index contributed by atoms with van der Waals surface area (Å²) in [5.74, 6) is -0.233. The van der Waals surface area contributed by atoms with Crippen LogP contribution in [0.15, 0.2) is 41.0 Å². The van der Waals surface area contributed by atoms with E-state index in [1.165, 1.54) is 6.26 Å². The highest BCUT2D eigenvalue weighted by molar-refractivity contribution is 6.13. The van der Waals surface area contributed by atoms with E-state index in [2.05, 4.69) is 5.32 Å². The Morgan fingerprint density at radius 2 is 1.69 bits per heavy atom. The fraction of sp³-hybridized carbons (Fsp3) is 0.409. The Kier molecular flexibility index (Phi) is 4.90. The van der Waals surface area contributed by atoms with Crippen LogP contribution >= 0.6 is 0 Å². The molecule has 3 amide bonds. The number of benzene rings is 1. The van der Waals surface area contributed by atoms with Gasteiger partial charge in [0.15, 0.2) is 5.76 Å². The molecule has 0 radical (unpaired) electrons. The Balaban J connectivity index is 1.39. The Morgan fingerprint density at radius 3 is 2.31 bits per heavy atom. The molecule has 1 aliphatic heterocycles. The van der Waals surface area contributed by atoms with Crippen molar-refractivity contribution in [3.8, 4) is 0 Å². The zero-order valence-corrected chi connectivity index (χ0v) is 16.7. The van der Waals surface area contributed by atoms with Crippen molar-refractivity contribution in [2.24, 2.45) is 5.41 Å². The van der Waals surface area contributed by atoms with Gasteiger partial charge in [0.05, 0.1) is 6.26 Å². The predicted octanol–water partition coefficient (Wildman–Crippen LogP) is 2.60. The first-order chi connectivity index (χ1) is 13.9. The van der Waals surface area contributed by atoms with Crippen LogP contribution in [0, 0.1) is 19.3 Å². The number of nitrogens with zero attached hydrogens (tertiary/aromatic N) is 2. The summed E-state index contributed by atoms with van der Waals surface area (Å²) in [5.41, 5.74) is 1.81. The van der Waals surface area contributed by atoms with E-state index in [9.17, 15) is 14.4 Å². The number of piperazine rings is 1. The molecule has 2 fully saturated rings. The first-order valence-corrected chi connectivity index (χ1v) is 9.91. The van der Waals surface area contributed by atoms with E-state index in [1.54, 1.807) is 21.9 Å². The molecule has 1 aromatic heterocycles. The molecule has 29 heavy (non-hydrogen) atoms. The van der Waals surface area contributed by atoms with Gasteiger partial charge >= 0.3 is 0 Å². The van der Waals surface area contributed by atoms with Gasteiger partial charge < -0.3 is 19.5 Å². The molecule has 7 nitrogen and oxygen atoms in total. The first kappa shape index (κ1) is 19.2. The summed E-state index contributed by atoms with van der Waals surface area (Å²) in [6.45, 7) is 5.61. The van der Waals surface area contributed by atoms with Crippen LogP contribution in [0.5, 0.6) is 0 Å². The van der Waals surface area contributed by atoms with Crippen LogP contribution in [0.1, 0.15) is 34.5 Å². The number of aryl methyl sites for hydroxylation is 2. The number of rotatable bonds is 4. The van der Waals surface area contributed by atoms with Gasteiger partial charge in [0, 0.05) is 31.9 Å². The summed E-state index contributed by atoms with van der Waals surface area (Å²) in [6, 6.07) is 9.19. The highest BCUT2D eigenvalue weighted by Crippen LogP contribution is 2.48. The molecule has 2 heterocycles. The van der Waals surface area contributed by atoms with Crippen LogP contribution in [0.3, 0.4) is 0 Å². The Hall–Kier alpha value is -3.09. The second kappa shape index (κ2) is 7.39. The lowest BCUT2D eigenvalue weighted by atomic mass is 10.0. The molecule has 152 valence electrons. The lowest BCUT2D eigenvalue weighted by Gasteiger charge is -2.36. The number of carbonyl (C=O) groups excluding carboxylic acids is 3. The molecule has 2 aliphatic rings. The number of furan rings is 1. The second-order valence-electron chi connectivity index (χ2n) is 7.92. The molecule has 1 aliphatic carbocycles. The van der Waals surface area contributed by atoms with E-state index in [1.807, 2.05) is 32.0 Å². The average Bonchev–Trinajstić information content (AvgIpc) is 3.36. The molecule has 2 aromatic rings. The van der Waals surface area contributed by atoms with Crippen molar-refractivity contribution < 1.29 is 18.8 Å². The highest BCUT2D eigenvalue weighted by atomic mass is 16.3. The minimum atomic E-state index is -0.969. The molecule has 1 N–H and O–H groups in total. The smallest absolute Gasteiger partial charge is 0.289 e. The fourth-order valence-electron chi connectivity index (χ4n) is 3.75. The van der Waals surface area contributed by atoms with Crippen LogP contribution in [0.4, 0.5) is 5.69 Å². The molecule has 4 rings (SSSR count). The van der Waals surface area contributed by atoms with Gasteiger partial charge in [0.1, 0.15) is 5.41 Å². The van der Waals surface area contributed by atoms with E-state index in [-0.39, 0.29) is 17.7 Å². The third kappa shape index (κ3) is 3.64. The Morgan fingerprint density at radius 1 is 1.00 bits per heavy atom. The number of amides is 3. The van der Waals surface area contributed by atoms with Gasteiger partial charge in [-0.3, -0.25) is 14.4 Å². The minimum Gasteiger partial charge on any atom is -0.459 e. The van der Waals surface area contributed by atoms with Crippen LogP contribution in [-0.2, 0) is 9.59 Å². The van der Waals surface area contributed by atoms with Crippen molar-refractivity contribution in [2.45, 2.75) is 26.7 Å². The maximum atomic E-state index is 13.1. The Bertz CT molecular complexity index is 939. The summed E-state index contributed by atoms with van der Waals surface area (Å²) in [4.78, 5) is 41.8. The molecule has 0 atom stereocenters. The normalized spacial score (nSPS) is 17.7. The molecule has 0 spiro atoms. The molecule has 0 bridgehead atoms. The van der Waals surface area contributed by atoms with Gasteiger partial charge in [-0.05, 0) is 56.0 Å². The number of hydrogen-bond donors (Lipinski definition) is 1. The van der Waals surface area contributed by atoms with Crippen molar-refractivity contribution in [2.75, 3.05) is 31.5 Å². The van der Waals surface area contributed by atoms with Gasteiger partial charge in [-0.15, -0.1) is 0 Å². The van der Waals surface area contributed by atoms with Crippen LogP contribution in [0.2, 0.25) is 0 Å².